The summed E-state index contributed by atoms with van der Waals surface area (Å²) in [5, 5.41) is 53.0. The molecule has 0 unspecified atom stereocenters. The number of aliphatic hydroxyl groups excluding tert-OH is 1. The first-order valence-electron chi connectivity index (χ1n) is 38.6. The van der Waals surface area contributed by atoms with Crippen LogP contribution in [0.15, 0.2) is 97.2 Å². The van der Waals surface area contributed by atoms with Crippen LogP contribution in [0.3, 0.4) is 0 Å². The van der Waals surface area contributed by atoms with Gasteiger partial charge in [0.05, 0.1) is 19.1 Å². The zero-order chi connectivity index (χ0) is 89.5. The third kappa shape index (κ3) is 32.1. The molecule has 0 aliphatic rings. The molecule has 5 aromatic rings. The Labute approximate surface area is 703 Å². The van der Waals surface area contributed by atoms with Crippen LogP contribution in [0.2, 0.25) is 0 Å². The molecule has 41 heteroatoms. The smallest absolute Gasteiger partial charge is 0.303 e. The van der Waals surface area contributed by atoms with E-state index >= 15 is 24.0 Å². The lowest BCUT2D eigenvalue weighted by molar-refractivity contribution is -0.140. The SMILES string of the molecule is CC(=O)N[C@H](C(=O)N[C@@H](CCC(N)=O)C(=O)N[C@H](C(=O)N[C@@H](Cc1c[nH]c2ccccc12)C(=O)N[C@@H](CCC(N)=O)C(=O)N[C@H](C(=O)N[C@@H](Cc1ccc(OCCN)cc1)C(=O)N[C@@H](Cc1ccc2ccccc2c1)C(=O)N[C@@](C)(CCCCN)C(=O)N[C@@H](CCC(=O)O)C(=O)N[C@@H](CC(N)=O)C(=O)NCC(N)=O)C(C)(C)S)[C@@H](C)O)C(C)(C)S. The summed E-state index contributed by atoms with van der Waals surface area (Å²) in [6.07, 6.45) is -5.43. The van der Waals surface area contributed by atoms with Crippen molar-refractivity contribution in [2.75, 3.05) is 26.2 Å². The molecule has 0 saturated carbocycles. The number of aromatic nitrogens is 1. The Bertz CT molecular complexity index is 4520. The van der Waals surface area contributed by atoms with Crippen LogP contribution in [0.25, 0.3) is 21.7 Å². The van der Waals surface area contributed by atoms with Gasteiger partial charge in [-0.2, -0.15) is 25.3 Å². The molecule has 0 saturated heterocycles. The van der Waals surface area contributed by atoms with E-state index < -0.39 is 234 Å². The molecule has 0 aliphatic heterocycles. The maximum absolute atomic E-state index is 15.6. The van der Waals surface area contributed by atoms with Crippen molar-refractivity contribution in [3.8, 4) is 5.75 Å². The third-order valence-electron chi connectivity index (χ3n) is 19.0. The number of benzene rings is 4. The molecule has 5 rings (SSSR count). The van der Waals surface area contributed by atoms with Gasteiger partial charge >= 0.3 is 5.97 Å². The van der Waals surface area contributed by atoms with Crippen LogP contribution in [0.5, 0.6) is 5.75 Å². The Kier molecular flexibility index (Phi) is 38.1. The van der Waals surface area contributed by atoms with E-state index in [1.165, 1.54) is 40.8 Å². The molecule has 654 valence electrons. The Morgan fingerprint density at radius 1 is 0.483 bits per heavy atom. The fourth-order valence-electron chi connectivity index (χ4n) is 12.6. The Morgan fingerprint density at radius 2 is 0.967 bits per heavy atom. The number of carbonyl (C=O) groups is 17. The van der Waals surface area contributed by atoms with Gasteiger partial charge in [-0.1, -0.05) is 72.8 Å². The number of hydrogen-bond acceptors (Lipinski definition) is 23. The van der Waals surface area contributed by atoms with E-state index in [9.17, 15) is 67.7 Å². The molecule has 1 aromatic heterocycles. The third-order valence-corrected chi connectivity index (χ3v) is 19.6. The molecule has 0 aliphatic carbocycles. The number of nitrogens with two attached hydrogens (primary N) is 6. The van der Waals surface area contributed by atoms with Crippen LogP contribution in [-0.4, -0.2) is 223 Å². The van der Waals surface area contributed by atoms with Gasteiger partial charge in [0, 0.05) is 78.6 Å². The number of carboxylic acids is 1. The minimum atomic E-state index is -2.08. The van der Waals surface area contributed by atoms with E-state index in [1.807, 2.05) is 6.07 Å². The summed E-state index contributed by atoms with van der Waals surface area (Å²) >= 11 is 9.17. The summed E-state index contributed by atoms with van der Waals surface area (Å²) in [5.74, 6) is -17.7. The number of nitrogens with one attached hydrogen (secondary N) is 13. The standard InChI is InChI=1S/C79H111N19O20S2/c1-41(99)63(96-68(109)51(24-27-58(82)101)90-74(115)64(77(3,4)119)88-42(2)100)73(114)93-56(37-47-39-86-50-17-11-10-16-49(47)50)71(112)89-52(25-28-59(83)102)69(110)97-65(78(5,6)120)75(116)94-54(35-43-19-22-48(23-20-43)118-33-32-81)70(111)91-55(36-44-18-21-45-14-8-9-15-46(45)34-44)72(113)98-79(7,30-12-13-31-80)76(117)95-53(26-29-62(105)106)67(108)92-57(38-60(84)103)66(107)87-40-61(85)104/h8-11,14-23,34,39,41,51-57,63-65,86,99,119-120H,12-13,24-33,35-38,40,80-81H2,1-7H3,(H2,82,101)(H2,83,102)(H2,84,103)(H2,85,104)(H,87,107)(H,88,100)(H,89,112)(H,90,115)(H,91,111)(H,92,108)(H,93,114)(H,94,116)(H,95,117)(H,96,109)(H,97,110)(H,98,113)(H,105,106)/t41-,51+,52+,53+,54+,55+,56+,57+,63+,64-,65-,79+/m1/s1. The Hall–Kier alpha value is -11.9. The molecule has 12 atom stereocenters. The zero-order valence-electron chi connectivity index (χ0n) is 67.7. The highest BCUT2D eigenvalue weighted by molar-refractivity contribution is 7.82. The van der Waals surface area contributed by atoms with Crippen molar-refractivity contribution in [2.45, 2.75) is 213 Å². The highest BCUT2D eigenvalue weighted by atomic mass is 32.1. The zero-order valence-corrected chi connectivity index (χ0v) is 69.5. The highest BCUT2D eigenvalue weighted by Crippen LogP contribution is 2.25. The predicted molar refractivity (Wildman–Crippen MR) is 446 cm³/mol. The summed E-state index contributed by atoms with van der Waals surface area (Å²) in [7, 11) is 0. The molecule has 0 spiro atoms. The first-order valence-corrected chi connectivity index (χ1v) is 39.5. The lowest BCUT2D eigenvalue weighted by Gasteiger charge is -2.34. The number of aliphatic carboxylic acids is 1. The summed E-state index contributed by atoms with van der Waals surface area (Å²) in [6, 6.07) is 8.14. The van der Waals surface area contributed by atoms with E-state index in [0.29, 0.717) is 38.7 Å². The second-order valence-corrected chi connectivity index (χ2v) is 32.6. The van der Waals surface area contributed by atoms with Gasteiger partial charge < -0.3 is 118 Å². The second-order valence-electron chi connectivity index (χ2n) is 30.3. The van der Waals surface area contributed by atoms with E-state index in [0.717, 1.165) is 19.2 Å². The lowest BCUT2D eigenvalue weighted by atomic mass is 9.91. The Balaban J connectivity index is 1.57. The number of hydrogen-bond donors (Lipinski definition) is 23. The average molecular weight is 1710 g/mol. The fraction of sp³-hybridized carbons (Fsp3) is 0.481. The van der Waals surface area contributed by atoms with E-state index in [-0.39, 0.29) is 58.2 Å². The summed E-state index contributed by atoms with van der Waals surface area (Å²) in [6.45, 7) is 9.02. The lowest BCUT2D eigenvalue weighted by Crippen LogP contribution is -2.65. The van der Waals surface area contributed by atoms with Crippen molar-refractivity contribution >= 4 is 147 Å². The number of para-hydroxylation sites is 1. The van der Waals surface area contributed by atoms with Gasteiger partial charge in [-0.25, -0.2) is 0 Å². The van der Waals surface area contributed by atoms with Gasteiger partial charge in [-0.3, -0.25) is 81.5 Å². The molecule has 120 heavy (non-hydrogen) atoms. The number of carboxylic acid groups (broad SMARTS) is 1. The molecular weight excluding hydrogens is 1600 g/mol. The number of rotatable bonds is 51. The minimum absolute atomic E-state index is 0.0962. The van der Waals surface area contributed by atoms with Crippen molar-refractivity contribution in [3.63, 3.8) is 0 Å². The van der Waals surface area contributed by atoms with E-state index in [4.69, 9.17) is 51.8 Å². The maximum Gasteiger partial charge on any atom is 0.303 e. The molecule has 39 nitrogen and oxygen atoms in total. The van der Waals surface area contributed by atoms with Crippen LogP contribution < -0.4 is 103 Å². The molecule has 4 aromatic carbocycles. The molecule has 0 radical (unpaired) electrons. The summed E-state index contributed by atoms with van der Waals surface area (Å²) < 4.78 is 2.84. The number of carbonyl (C=O) groups excluding carboxylic acids is 16. The number of aromatic amines is 1. The molecule has 27 N–H and O–H groups in total. The topological polar surface area (TPSA) is 656 Å². The fourth-order valence-corrected chi connectivity index (χ4v) is 13.0. The van der Waals surface area contributed by atoms with Gasteiger partial charge in [0.1, 0.15) is 78.3 Å². The van der Waals surface area contributed by atoms with E-state index in [2.05, 4.69) is 81.4 Å². The average Bonchev–Trinajstić information content (AvgIpc) is 1.66. The number of aliphatic hydroxyl groups is 1. The first kappa shape index (κ1) is 98.6. The monoisotopic (exact) mass is 1710 g/mol. The van der Waals surface area contributed by atoms with Crippen LogP contribution in [0, 0.1) is 0 Å². The van der Waals surface area contributed by atoms with Crippen molar-refractivity contribution in [1.29, 1.82) is 0 Å². The van der Waals surface area contributed by atoms with Crippen molar-refractivity contribution in [3.05, 3.63) is 114 Å². The van der Waals surface area contributed by atoms with Crippen LogP contribution in [0.4, 0.5) is 0 Å². The number of thiol groups is 2. The van der Waals surface area contributed by atoms with Gasteiger partial charge in [0.25, 0.3) is 0 Å². The normalized spacial score (nSPS) is 14.7. The number of H-pyrrole nitrogens is 1. The highest BCUT2D eigenvalue weighted by Gasteiger charge is 2.44. The number of fused-ring (bicyclic) bond motifs is 2. The van der Waals surface area contributed by atoms with Crippen LogP contribution in [0.1, 0.15) is 129 Å². The number of ether oxygens (including phenoxy) is 1. The van der Waals surface area contributed by atoms with Crippen molar-refractivity contribution < 1.29 is 96.5 Å². The second kappa shape index (κ2) is 46.4. The number of unbranched alkanes of at least 4 members (excludes halogenated alkanes) is 1. The molecule has 0 bridgehead atoms. The van der Waals surface area contributed by atoms with Gasteiger partial charge in [-0.05, 0) is 132 Å². The minimum Gasteiger partial charge on any atom is -0.492 e. The quantitative estimate of drug-likeness (QED) is 0.0131. The van der Waals surface area contributed by atoms with Crippen LogP contribution in [-0.2, 0) is 101 Å². The van der Waals surface area contributed by atoms with Crippen molar-refractivity contribution in [2.24, 2.45) is 34.4 Å². The molecule has 16 amide bonds. The molecular formula is C79H111N19O20S2. The number of amides is 16. The van der Waals surface area contributed by atoms with Gasteiger partial charge in [0.2, 0.25) is 94.5 Å². The first-order chi connectivity index (χ1) is 56.3. The predicted octanol–water partition coefficient (Wildman–Crippen LogP) is -3.77. The maximum atomic E-state index is 15.6. The summed E-state index contributed by atoms with van der Waals surface area (Å²) in [4.78, 5) is 237. The van der Waals surface area contributed by atoms with Gasteiger partial charge in [0.15, 0.2) is 0 Å². The molecule has 0 fully saturated rings. The number of primary amides is 4. The van der Waals surface area contributed by atoms with Crippen molar-refractivity contribution in [1.82, 2.24) is 68.8 Å². The van der Waals surface area contributed by atoms with Crippen LogP contribution >= 0.6 is 25.3 Å². The van der Waals surface area contributed by atoms with E-state index in [1.54, 1.807) is 84.9 Å². The summed E-state index contributed by atoms with van der Waals surface area (Å²) in [5.41, 5.74) is 33.0. The molecule has 1 heterocycles. The Morgan fingerprint density at radius 3 is 1.52 bits per heavy atom. The largest absolute Gasteiger partial charge is 0.492 e. The van der Waals surface area contributed by atoms with Gasteiger partial charge in [-0.15, -0.1) is 0 Å².